The molecule has 0 unspecified atom stereocenters. The van der Waals surface area contributed by atoms with Gasteiger partial charge in [0, 0.05) is 24.0 Å². The Morgan fingerprint density at radius 3 is 2.63 bits per heavy atom. The summed E-state index contributed by atoms with van der Waals surface area (Å²) in [6.07, 6.45) is 9.44. The zero-order valence-corrected chi connectivity index (χ0v) is 24.8. The van der Waals surface area contributed by atoms with Crippen molar-refractivity contribution in [2.75, 3.05) is 18.6 Å². The number of fused-ring (bicyclic) bond motifs is 1. The largest absolute Gasteiger partial charge is 0.495 e. The number of carbonyl (C=O) groups excluding carboxylic acids is 1. The van der Waals surface area contributed by atoms with E-state index >= 15 is 0 Å². The predicted molar refractivity (Wildman–Crippen MR) is 158 cm³/mol. The fourth-order valence-corrected chi connectivity index (χ4v) is 8.42. The lowest BCUT2D eigenvalue weighted by molar-refractivity contribution is 0.0965. The number of carbonyl (C=O) groups is 1. The molecule has 1 aromatic carbocycles. The third-order valence-electron chi connectivity index (χ3n) is 7.93. The first-order valence-corrected chi connectivity index (χ1v) is 16.8. The Balaban J connectivity index is 1.13. The number of ketones is 1. The van der Waals surface area contributed by atoms with E-state index in [1.54, 1.807) is 24.4 Å². The second-order valence-corrected chi connectivity index (χ2v) is 13.6. The number of halogens is 1. The molecule has 1 saturated heterocycles. The van der Waals surface area contributed by atoms with Crippen LogP contribution in [0.25, 0.3) is 10.9 Å². The molecule has 8 nitrogen and oxygen atoms in total. The van der Waals surface area contributed by atoms with Crippen molar-refractivity contribution in [2.24, 2.45) is 5.92 Å². The Kier molecular flexibility index (Phi) is 9.77. The van der Waals surface area contributed by atoms with Crippen LogP contribution in [-0.2, 0) is 10.0 Å². The summed E-state index contributed by atoms with van der Waals surface area (Å²) in [6, 6.07) is 8.10. The lowest BCUT2D eigenvalue weighted by Gasteiger charge is -2.29. The van der Waals surface area contributed by atoms with Gasteiger partial charge in [-0.25, -0.2) is 22.5 Å². The highest BCUT2D eigenvalue weighted by Crippen LogP contribution is 2.34. The summed E-state index contributed by atoms with van der Waals surface area (Å²) in [7, 11) is -2.40. The molecule has 3 heterocycles. The van der Waals surface area contributed by atoms with Crippen molar-refractivity contribution >= 4 is 38.5 Å². The van der Waals surface area contributed by atoms with Gasteiger partial charge in [-0.2, -0.15) is 11.8 Å². The van der Waals surface area contributed by atoms with Crippen LogP contribution >= 0.6 is 11.8 Å². The van der Waals surface area contributed by atoms with Crippen molar-refractivity contribution in [3.63, 3.8) is 0 Å². The van der Waals surface area contributed by atoms with Gasteiger partial charge >= 0.3 is 0 Å². The number of benzene rings is 1. The molecule has 220 valence electrons. The molecule has 2 aromatic heterocycles. The number of nitrogens with zero attached hydrogens (tertiary/aromatic N) is 2. The highest BCUT2D eigenvalue weighted by atomic mass is 32.2. The summed E-state index contributed by atoms with van der Waals surface area (Å²) >= 11 is 1.88. The van der Waals surface area contributed by atoms with Crippen LogP contribution in [0.15, 0.2) is 47.6 Å². The van der Waals surface area contributed by atoms with Gasteiger partial charge in [0.05, 0.1) is 24.4 Å². The third kappa shape index (κ3) is 7.37. The number of thioether (sulfide) groups is 1. The first-order chi connectivity index (χ1) is 19.8. The van der Waals surface area contributed by atoms with Gasteiger partial charge in [-0.3, -0.25) is 9.78 Å². The van der Waals surface area contributed by atoms with Gasteiger partial charge in [0.25, 0.3) is 0 Å². The van der Waals surface area contributed by atoms with Gasteiger partial charge < -0.3 is 9.47 Å². The second kappa shape index (κ2) is 13.5. The normalized spacial score (nSPS) is 20.1. The first-order valence-electron chi connectivity index (χ1n) is 14.2. The molecular formula is C30H36FN3O5S2. The molecule has 2 fully saturated rings. The molecule has 0 amide bonds. The average Bonchev–Trinajstić information content (AvgIpc) is 2.98. The number of sulfonamides is 1. The highest BCUT2D eigenvalue weighted by molar-refractivity contribution is 7.99. The van der Waals surface area contributed by atoms with Crippen molar-refractivity contribution in [1.82, 2.24) is 14.7 Å². The molecule has 2 aliphatic rings. The van der Waals surface area contributed by atoms with E-state index in [-0.39, 0.29) is 40.0 Å². The molecule has 1 N–H and O–H groups in total. The first kappa shape index (κ1) is 29.7. The van der Waals surface area contributed by atoms with Crippen LogP contribution in [0.2, 0.25) is 0 Å². The molecule has 1 aliphatic heterocycles. The maximum atomic E-state index is 13.9. The topological polar surface area (TPSA) is 107 Å². The van der Waals surface area contributed by atoms with Crippen LogP contribution in [0.1, 0.15) is 68.1 Å². The average molecular weight is 602 g/mol. The quantitative estimate of drug-likeness (QED) is 0.269. The summed E-state index contributed by atoms with van der Waals surface area (Å²) < 4.78 is 55.0. The Labute approximate surface area is 244 Å². The number of Topliss-reactive ketones (excluding diaryl/α,β-unsaturated/α-hetero) is 1. The Bertz CT molecular complexity index is 1470. The van der Waals surface area contributed by atoms with Crippen molar-refractivity contribution in [1.29, 1.82) is 0 Å². The van der Waals surface area contributed by atoms with Crippen LogP contribution in [0.3, 0.4) is 0 Å². The zero-order chi connectivity index (χ0) is 28.8. The number of aromatic nitrogens is 2. The summed E-state index contributed by atoms with van der Waals surface area (Å²) in [4.78, 5) is 21.5. The van der Waals surface area contributed by atoms with Gasteiger partial charge in [-0.1, -0.05) is 12.5 Å². The second-order valence-electron chi connectivity index (χ2n) is 10.8. The molecule has 5 rings (SSSR count). The number of pyridine rings is 2. The van der Waals surface area contributed by atoms with Crippen LogP contribution in [0.5, 0.6) is 11.6 Å². The van der Waals surface area contributed by atoms with Crippen molar-refractivity contribution in [2.45, 2.75) is 74.8 Å². The van der Waals surface area contributed by atoms with Crippen LogP contribution in [0.4, 0.5) is 4.39 Å². The number of hydrogen-bond donors (Lipinski definition) is 1. The van der Waals surface area contributed by atoms with Gasteiger partial charge in [0.15, 0.2) is 10.7 Å². The summed E-state index contributed by atoms with van der Waals surface area (Å²) in [5.41, 5.74) is 0.609. The number of methoxy groups -OCH3 is 1. The fourth-order valence-electron chi connectivity index (χ4n) is 5.73. The van der Waals surface area contributed by atoms with E-state index < -0.39 is 15.8 Å². The van der Waals surface area contributed by atoms with Crippen LogP contribution < -0.4 is 14.2 Å². The smallest absolute Gasteiger partial charge is 0.246 e. The Hall–Kier alpha value is -2.76. The minimum Gasteiger partial charge on any atom is -0.495 e. The SMILES string of the molecule is COc1ccc2cccnc2c1S(=O)(=O)NC1CCC(CCCC(=O)c2cc(F)cnc2OC2CCSCC2)CC1. The number of hydrogen-bond acceptors (Lipinski definition) is 8. The fraction of sp³-hybridized carbons (Fsp3) is 0.500. The molecule has 1 saturated carbocycles. The molecule has 41 heavy (non-hydrogen) atoms. The molecule has 0 radical (unpaired) electrons. The molecular weight excluding hydrogens is 565 g/mol. The van der Waals surface area contributed by atoms with E-state index in [1.165, 1.54) is 13.2 Å². The van der Waals surface area contributed by atoms with E-state index in [2.05, 4.69) is 14.7 Å². The lowest BCUT2D eigenvalue weighted by Crippen LogP contribution is -2.37. The molecule has 0 spiro atoms. The van der Waals surface area contributed by atoms with E-state index in [9.17, 15) is 17.6 Å². The summed E-state index contributed by atoms with van der Waals surface area (Å²) in [5.74, 6) is 2.22. The van der Waals surface area contributed by atoms with Gasteiger partial charge in [-0.05, 0) is 86.6 Å². The van der Waals surface area contributed by atoms with Gasteiger partial charge in [-0.15, -0.1) is 0 Å². The zero-order valence-electron chi connectivity index (χ0n) is 23.2. The van der Waals surface area contributed by atoms with Crippen molar-refractivity contribution < 1.29 is 27.1 Å². The lowest BCUT2D eigenvalue weighted by atomic mass is 9.83. The minimum absolute atomic E-state index is 0.00586. The van der Waals surface area contributed by atoms with Gasteiger partial charge in [0.2, 0.25) is 15.9 Å². The van der Waals surface area contributed by atoms with Crippen LogP contribution in [0, 0.1) is 11.7 Å². The van der Waals surface area contributed by atoms with Crippen molar-refractivity contribution in [3.05, 3.63) is 54.1 Å². The molecule has 11 heteroatoms. The molecule has 3 aromatic rings. The molecule has 0 atom stereocenters. The predicted octanol–water partition coefficient (Wildman–Crippen LogP) is 5.94. The maximum Gasteiger partial charge on any atom is 0.246 e. The highest BCUT2D eigenvalue weighted by Gasteiger charge is 2.30. The molecule has 0 bridgehead atoms. The van der Waals surface area contributed by atoms with E-state index in [0.29, 0.717) is 37.1 Å². The Morgan fingerprint density at radius 2 is 1.88 bits per heavy atom. The standard InChI is InChI=1S/C30H36FN3O5S2/c1-38-27-12-9-21-5-3-15-32-28(21)29(27)41(36,37)34-23-10-7-20(8-11-23)4-2-6-26(35)25-18-22(31)19-33-30(25)39-24-13-16-40-17-14-24/h3,5,9,12,15,18-20,23-24,34H,2,4,6-8,10-11,13-14,16-17H2,1H3. The number of nitrogens with one attached hydrogen (secondary N) is 1. The number of rotatable bonds is 11. The monoisotopic (exact) mass is 601 g/mol. The minimum atomic E-state index is -3.86. The van der Waals surface area contributed by atoms with Crippen molar-refractivity contribution in [3.8, 4) is 11.6 Å². The van der Waals surface area contributed by atoms with Gasteiger partial charge in [0.1, 0.15) is 17.7 Å². The van der Waals surface area contributed by atoms with Crippen LogP contribution in [-0.4, -0.2) is 54.9 Å². The molecule has 1 aliphatic carbocycles. The third-order valence-corrected chi connectivity index (χ3v) is 10.6. The van der Waals surface area contributed by atoms with E-state index in [1.807, 2.05) is 17.8 Å². The number of ether oxygens (including phenoxy) is 2. The maximum absolute atomic E-state index is 13.9. The van der Waals surface area contributed by atoms with E-state index in [0.717, 1.165) is 55.2 Å². The Morgan fingerprint density at radius 1 is 1.10 bits per heavy atom. The summed E-state index contributed by atoms with van der Waals surface area (Å²) in [6.45, 7) is 0. The summed E-state index contributed by atoms with van der Waals surface area (Å²) in [5, 5.41) is 0.729. The van der Waals surface area contributed by atoms with E-state index in [4.69, 9.17) is 9.47 Å².